The van der Waals surface area contributed by atoms with Crippen molar-refractivity contribution < 1.29 is 9.59 Å². The van der Waals surface area contributed by atoms with Crippen molar-refractivity contribution in [3.05, 3.63) is 72.6 Å². The molecule has 0 atom stereocenters. The Morgan fingerprint density at radius 1 is 1.00 bits per heavy atom. The summed E-state index contributed by atoms with van der Waals surface area (Å²) in [5, 5.41) is 3.84. The molecule has 4 rings (SSSR count). The van der Waals surface area contributed by atoms with E-state index in [9.17, 15) is 9.59 Å². The summed E-state index contributed by atoms with van der Waals surface area (Å²) in [6.07, 6.45) is 4.91. The van der Waals surface area contributed by atoms with Gasteiger partial charge in [0.15, 0.2) is 11.6 Å². The highest BCUT2D eigenvalue weighted by Crippen LogP contribution is 2.33. The molecule has 7 heteroatoms. The maximum absolute atomic E-state index is 12.8. The maximum Gasteiger partial charge on any atom is 0.227 e. The SMILES string of the molecule is CC(=O)c1cccc(NC(=O)C2CCN(c3nccnc3Sc3ccccc3)CC2)c1. The molecule has 1 aliphatic heterocycles. The number of piperidine rings is 1. The number of aromatic nitrogens is 2. The molecule has 1 fully saturated rings. The van der Waals surface area contributed by atoms with Crippen LogP contribution in [0.5, 0.6) is 0 Å². The fraction of sp³-hybridized carbons (Fsp3) is 0.250. The van der Waals surface area contributed by atoms with Gasteiger partial charge in [-0.1, -0.05) is 42.1 Å². The van der Waals surface area contributed by atoms with E-state index < -0.39 is 0 Å². The molecular formula is C24H24N4O2S. The molecule has 0 radical (unpaired) electrons. The number of benzene rings is 2. The highest BCUT2D eigenvalue weighted by Gasteiger charge is 2.27. The predicted molar refractivity (Wildman–Crippen MR) is 123 cm³/mol. The van der Waals surface area contributed by atoms with Crippen LogP contribution in [0.2, 0.25) is 0 Å². The zero-order chi connectivity index (χ0) is 21.6. The molecular weight excluding hydrogens is 408 g/mol. The van der Waals surface area contributed by atoms with Crippen molar-refractivity contribution >= 4 is 35.0 Å². The molecule has 0 saturated carbocycles. The van der Waals surface area contributed by atoms with Crippen LogP contribution in [0, 0.1) is 5.92 Å². The van der Waals surface area contributed by atoms with E-state index >= 15 is 0 Å². The minimum atomic E-state index is -0.0702. The van der Waals surface area contributed by atoms with Gasteiger partial charge in [-0.15, -0.1) is 0 Å². The summed E-state index contributed by atoms with van der Waals surface area (Å²) >= 11 is 1.60. The zero-order valence-electron chi connectivity index (χ0n) is 17.3. The largest absolute Gasteiger partial charge is 0.354 e. The van der Waals surface area contributed by atoms with E-state index in [0.717, 1.165) is 41.7 Å². The average Bonchev–Trinajstić information content (AvgIpc) is 2.80. The Kier molecular flexibility index (Phi) is 6.62. The number of rotatable bonds is 6. The number of anilines is 2. The van der Waals surface area contributed by atoms with E-state index in [-0.39, 0.29) is 17.6 Å². The Morgan fingerprint density at radius 3 is 2.48 bits per heavy atom. The maximum atomic E-state index is 12.8. The molecule has 0 unspecified atom stereocenters. The molecule has 6 nitrogen and oxygen atoms in total. The molecule has 0 spiro atoms. The van der Waals surface area contributed by atoms with E-state index in [1.54, 1.807) is 42.4 Å². The topological polar surface area (TPSA) is 75.2 Å². The van der Waals surface area contributed by atoms with Gasteiger partial charge < -0.3 is 10.2 Å². The first-order valence-corrected chi connectivity index (χ1v) is 11.1. The summed E-state index contributed by atoms with van der Waals surface area (Å²) in [5.74, 6) is 0.777. The first-order valence-electron chi connectivity index (χ1n) is 10.3. The Labute approximate surface area is 186 Å². The molecule has 1 aliphatic rings. The van der Waals surface area contributed by atoms with Gasteiger partial charge in [0.2, 0.25) is 5.91 Å². The third-order valence-corrected chi connectivity index (χ3v) is 6.30. The van der Waals surface area contributed by atoms with Crippen LogP contribution in [-0.4, -0.2) is 34.7 Å². The second-order valence-electron chi connectivity index (χ2n) is 7.49. The van der Waals surface area contributed by atoms with Crippen LogP contribution in [0.15, 0.2) is 76.9 Å². The van der Waals surface area contributed by atoms with Gasteiger partial charge >= 0.3 is 0 Å². The van der Waals surface area contributed by atoms with Gasteiger partial charge in [-0.3, -0.25) is 9.59 Å². The Hall–Kier alpha value is -3.19. The molecule has 0 bridgehead atoms. The summed E-state index contributed by atoms with van der Waals surface area (Å²) in [4.78, 5) is 36.8. The molecule has 1 saturated heterocycles. The van der Waals surface area contributed by atoms with E-state index in [2.05, 4.69) is 32.3 Å². The number of carbonyl (C=O) groups excluding carboxylic acids is 2. The first-order chi connectivity index (χ1) is 15.1. The lowest BCUT2D eigenvalue weighted by Crippen LogP contribution is -2.38. The van der Waals surface area contributed by atoms with Crippen LogP contribution in [0.25, 0.3) is 0 Å². The summed E-state index contributed by atoms with van der Waals surface area (Å²) in [6, 6.07) is 17.2. The lowest BCUT2D eigenvalue weighted by molar-refractivity contribution is -0.120. The average molecular weight is 433 g/mol. The van der Waals surface area contributed by atoms with Crippen LogP contribution < -0.4 is 10.2 Å². The van der Waals surface area contributed by atoms with E-state index in [0.29, 0.717) is 11.3 Å². The number of hydrogen-bond donors (Lipinski definition) is 1. The molecule has 2 aromatic carbocycles. The molecule has 3 aromatic rings. The number of nitrogens with zero attached hydrogens (tertiary/aromatic N) is 3. The monoisotopic (exact) mass is 432 g/mol. The summed E-state index contributed by atoms with van der Waals surface area (Å²) in [7, 11) is 0. The molecule has 1 N–H and O–H groups in total. The normalized spacial score (nSPS) is 14.3. The summed E-state index contributed by atoms with van der Waals surface area (Å²) in [6.45, 7) is 3.01. The van der Waals surface area contributed by atoms with Crippen molar-refractivity contribution in [2.45, 2.75) is 29.7 Å². The molecule has 1 amide bonds. The van der Waals surface area contributed by atoms with Crippen molar-refractivity contribution in [1.82, 2.24) is 9.97 Å². The number of Topliss-reactive ketones (excluding diaryl/α,β-unsaturated/α-hetero) is 1. The Bertz CT molecular complexity index is 1070. The summed E-state index contributed by atoms with van der Waals surface area (Å²) < 4.78 is 0. The highest BCUT2D eigenvalue weighted by atomic mass is 32.2. The molecule has 158 valence electrons. The lowest BCUT2D eigenvalue weighted by atomic mass is 9.95. The Balaban J connectivity index is 1.38. The predicted octanol–water partition coefficient (Wildman–Crippen LogP) is 4.69. The van der Waals surface area contributed by atoms with Gasteiger partial charge in [0.1, 0.15) is 5.03 Å². The van der Waals surface area contributed by atoms with Gasteiger partial charge in [0.25, 0.3) is 0 Å². The van der Waals surface area contributed by atoms with Crippen LogP contribution in [0.3, 0.4) is 0 Å². The van der Waals surface area contributed by atoms with Crippen LogP contribution in [0.4, 0.5) is 11.5 Å². The zero-order valence-corrected chi connectivity index (χ0v) is 18.1. The standard InChI is InChI=1S/C24H24N4O2S/c1-17(29)19-6-5-7-20(16-19)27-23(30)18-10-14-28(15-11-18)22-24(26-13-12-25-22)31-21-8-3-2-4-9-21/h2-9,12-13,16,18H,10-11,14-15H2,1H3,(H,27,30). The number of nitrogens with one attached hydrogen (secondary N) is 1. The number of ketones is 1. The van der Waals surface area contributed by atoms with Gasteiger partial charge in [-0.05, 0) is 44.0 Å². The van der Waals surface area contributed by atoms with Crippen molar-refractivity contribution in [2.75, 3.05) is 23.3 Å². The minimum Gasteiger partial charge on any atom is -0.354 e. The van der Waals surface area contributed by atoms with Crippen LogP contribution in [-0.2, 0) is 4.79 Å². The van der Waals surface area contributed by atoms with Crippen molar-refractivity contribution in [3.63, 3.8) is 0 Å². The van der Waals surface area contributed by atoms with Gasteiger partial charge in [-0.25, -0.2) is 9.97 Å². The second kappa shape index (κ2) is 9.75. The van der Waals surface area contributed by atoms with Crippen molar-refractivity contribution in [3.8, 4) is 0 Å². The quantitative estimate of drug-likeness (QED) is 0.570. The van der Waals surface area contributed by atoms with Gasteiger partial charge in [0.05, 0.1) is 0 Å². The molecule has 2 heterocycles. The van der Waals surface area contributed by atoms with Crippen molar-refractivity contribution in [1.29, 1.82) is 0 Å². The van der Waals surface area contributed by atoms with Crippen molar-refractivity contribution in [2.24, 2.45) is 5.92 Å². The number of carbonyl (C=O) groups is 2. The third kappa shape index (κ3) is 5.30. The highest BCUT2D eigenvalue weighted by molar-refractivity contribution is 7.99. The molecule has 1 aromatic heterocycles. The lowest BCUT2D eigenvalue weighted by Gasteiger charge is -2.32. The number of amides is 1. The third-order valence-electron chi connectivity index (χ3n) is 5.31. The van der Waals surface area contributed by atoms with Gasteiger partial charge in [0, 0.05) is 47.5 Å². The van der Waals surface area contributed by atoms with E-state index in [1.165, 1.54) is 6.92 Å². The fourth-order valence-electron chi connectivity index (χ4n) is 3.62. The van der Waals surface area contributed by atoms with Gasteiger partial charge in [-0.2, -0.15) is 0 Å². The fourth-order valence-corrected chi connectivity index (χ4v) is 4.52. The van der Waals surface area contributed by atoms with E-state index in [4.69, 9.17) is 0 Å². The van der Waals surface area contributed by atoms with E-state index in [1.807, 2.05) is 24.3 Å². The van der Waals surface area contributed by atoms with Crippen LogP contribution in [0.1, 0.15) is 30.1 Å². The minimum absolute atomic E-state index is 0.00150. The first kappa shape index (κ1) is 21.1. The smallest absolute Gasteiger partial charge is 0.227 e. The van der Waals surface area contributed by atoms with Crippen LogP contribution >= 0.6 is 11.8 Å². The number of hydrogen-bond acceptors (Lipinski definition) is 6. The summed E-state index contributed by atoms with van der Waals surface area (Å²) in [5.41, 5.74) is 1.26. The Morgan fingerprint density at radius 2 is 1.74 bits per heavy atom. The molecule has 0 aliphatic carbocycles. The molecule has 31 heavy (non-hydrogen) atoms. The second-order valence-corrected chi connectivity index (χ2v) is 8.55.